The van der Waals surface area contributed by atoms with E-state index >= 15 is 0 Å². The minimum absolute atomic E-state index is 0.911. The average molecular weight is 343 g/mol. The summed E-state index contributed by atoms with van der Waals surface area (Å²) in [5, 5.41) is 0. The van der Waals surface area contributed by atoms with Crippen molar-refractivity contribution in [3.05, 3.63) is 60.7 Å². The molecule has 0 amide bonds. The number of benzene rings is 2. The maximum atomic E-state index is 6.35. The predicted octanol–water partition coefficient (Wildman–Crippen LogP) is 6.58. The molecule has 0 saturated carbocycles. The van der Waals surface area contributed by atoms with Gasteiger partial charge in [0.2, 0.25) is 0 Å². The Bertz CT molecular complexity index is 515. The van der Waals surface area contributed by atoms with Gasteiger partial charge < -0.3 is 8.85 Å². The van der Waals surface area contributed by atoms with Gasteiger partial charge in [0.25, 0.3) is 0 Å². The van der Waals surface area contributed by atoms with Gasteiger partial charge in [-0.05, 0) is 30.7 Å². The van der Waals surface area contributed by atoms with E-state index in [9.17, 15) is 0 Å². The van der Waals surface area contributed by atoms with Crippen LogP contribution in [0.3, 0.4) is 0 Å². The zero-order valence-electron chi connectivity index (χ0n) is 15.0. The first-order chi connectivity index (χ1) is 11.7. The van der Waals surface area contributed by atoms with Crippen LogP contribution in [0.25, 0.3) is 0 Å². The first-order valence-corrected chi connectivity index (χ1v) is 11.7. The van der Waals surface area contributed by atoms with Crippen LogP contribution in [0.1, 0.15) is 45.4 Å². The molecule has 0 bridgehead atoms. The summed E-state index contributed by atoms with van der Waals surface area (Å²) >= 11 is 0. The Hall–Kier alpha value is -1.74. The second-order valence-corrected chi connectivity index (χ2v) is 9.66. The highest BCUT2D eigenvalue weighted by Crippen LogP contribution is 2.25. The Balaban J connectivity index is 1.95. The standard InChI is InChI=1S/C21H30O2Si/c1-3-4-5-6-7-14-19-24(2,22-20-15-10-8-11-16-20)23-21-17-12-9-13-18-21/h8-13,15-18H,3-7,14,19H2,1-2H3. The fraction of sp³-hybridized carbons (Fsp3) is 0.429. The fourth-order valence-corrected chi connectivity index (χ4v) is 5.23. The molecule has 2 aromatic carbocycles. The molecule has 0 aliphatic heterocycles. The van der Waals surface area contributed by atoms with Crippen molar-refractivity contribution in [3.8, 4) is 11.5 Å². The highest BCUT2D eigenvalue weighted by atomic mass is 28.4. The summed E-state index contributed by atoms with van der Waals surface area (Å²) in [5.41, 5.74) is 0. The van der Waals surface area contributed by atoms with Gasteiger partial charge in [-0.2, -0.15) is 0 Å². The molecule has 2 aromatic rings. The van der Waals surface area contributed by atoms with E-state index in [0.29, 0.717) is 0 Å². The molecule has 0 radical (unpaired) electrons. The number of hydrogen-bond acceptors (Lipinski definition) is 2. The van der Waals surface area contributed by atoms with Crippen molar-refractivity contribution in [3.63, 3.8) is 0 Å². The van der Waals surface area contributed by atoms with Crippen LogP contribution in [0, 0.1) is 0 Å². The van der Waals surface area contributed by atoms with Crippen molar-refractivity contribution in [1.29, 1.82) is 0 Å². The number of para-hydroxylation sites is 2. The second kappa shape index (κ2) is 10.2. The van der Waals surface area contributed by atoms with E-state index < -0.39 is 8.56 Å². The van der Waals surface area contributed by atoms with Crippen molar-refractivity contribution in [2.75, 3.05) is 0 Å². The van der Waals surface area contributed by atoms with Crippen LogP contribution >= 0.6 is 0 Å². The molecule has 2 rings (SSSR count). The summed E-state index contributed by atoms with van der Waals surface area (Å²) < 4.78 is 12.7. The second-order valence-electron chi connectivity index (χ2n) is 6.48. The molecule has 0 saturated heterocycles. The lowest BCUT2D eigenvalue weighted by molar-refractivity contribution is 0.384. The molecule has 0 aromatic heterocycles. The van der Waals surface area contributed by atoms with Gasteiger partial charge >= 0.3 is 8.56 Å². The maximum absolute atomic E-state index is 6.35. The predicted molar refractivity (Wildman–Crippen MR) is 104 cm³/mol. The van der Waals surface area contributed by atoms with E-state index in [0.717, 1.165) is 17.5 Å². The van der Waals surface area contributed by atoms with Crippen LogP contribution in [0.2, 0.25) is 12.6 Å². The van der Waals surface area contributed by atoms with Crippen LogP contribution in [0.4, 0.5) is 0 Å². The average Bonchev–Trinajstić information content (AvgIpc) is 2.60. The van der Waals surface area contributed by atoms with Crippen LogP contribution < -0.4 is 8.85 Å². The van der Waals surface area contributed by atoms with E-state index in [1.54, 1.807) is 0 Å². The van der Waals surface area contributed by atoms with Crippen molar-refractivity contribution >= 4 is 8.56 Å². The molecule has 130 valence electrons. The van der Waals surface area contributed by atoms with Gasteiger partial charge in [-0.3, -0.25) is 0 Å². The molecule has 0 N–H and O–H groups in total. The molecule has 0 aliphatic carbocycles. The summed E-state index contributed by atoms with van der Waals surface area (Å²) in [7, 11) is -2.30. The largest absolute Gasteiger partial charge is 0.512 e. The molecule has 0 unspecified atom stereocenters. The van der Waals surface area contributed by atoms with Gasteiger partial charge in [-0.25, -0.2) is 0 Å². The molecule has 0 fully saturated rings. The molecule has 24 heavy (non-hydrogen) atoms. The summed E-state index contributed by atoms with van der Waals surface area (Å²) in [6.45, 7) is 4.43. The Morgan fingerprint density at radius 3 is 1.62 bits per heavy atom. The minimum atomic E-state index is -2.30. The smallest absolute Gasteiger partial charge is 0.457 e. The number of hydrogen-bond donors (Lipinski definition) is 0. The van der Waals surface area contributed by atoms with E-state index in [2.05, 4.69) is 13.5 Å². The summed E-state index contributed by atoms with van der Waals surface area (Å²) in [4.78, 5) is 0. The van der Waals surface area contributed by atoms with Crippen molar-refractivity contribution in [2.24, 2.45) is 0 Å². The lowest BCUT2D eigenvalue weighted by atomic mass is 10.1. The van der Waals surface area contributed by atoms with E-state index in [1.807, 2.05) is 60.7 Å². The quantitative estimate of drug-likeness (QED) is 0.339. The molecule has 0 aliphatic rings. The number of rotatable bonds is 11. The van der Waals surface area contributed by atoms with Crippen LogP contribution in [-0.4, -0.2) is 8.56 Å². The van der Waals surface area contributed by atoms with Crippen molar-refractivity contribution in [1.82, 2.24) is 0 Å². The Morgan fingerprint density at radius 2 is 1.12 bits per heavy atom. The van der Waals surface area contributed by atoms with Gasteiger partial charge in [0.15, 0.2) is 0 Å². The molecule has 0 heterocycles. The SMILES string of the molecule is CCCCCCCC[Si](C)(Oc1ccccc1)Oc1ccccc1. The first-order valence-electron chi connectivity index (χ1n) is 9.20. The topological polar surface area (TPSA) is 18.5 Å². The van der Waals surface area contributed by atoms with Gasteiger partial charge in [-0.15, -0.1) is 0 Å². The van der Waals surface area contributed by atoms with Crippen LogP contribution in [0.5, 0.6) is 11.5 Å². The van der Waals surface area contributed by atoms with Crippen molar-refractivity contribution < 1.29 is 8.85 Å². The number of unbranched alkanes of at least 4 members (excludes halogenated alkanes) is 5. The first kappa shape index (κ1) is 18.6. The summed E-state index contributed by atoms with van der Waals surface area (Å²) in [6, 6.07) is 21.1. The molecule has 0 spiro atoms. The Labute approximate surface area is 148 Å². The van der Waals surface area contributed by atoms with Gasteiger partial charge in [0.05, 0.1) is 0 Å². The van der Waals surface area contributed by atoms with E-state index in [4.69, 9.17) is 8.85 Å². The minimum Gasteiger partial charge on any atom is -0.512 e. The molecular formula is C21H30O2Si. The third kappa shape index (κ3) is 6.79. The van der Waals surface area contributed by atoms with Crippen LogP contribution in [0.15, 0.2) is 60.7 Å². The highest BCUT2D eigenvalue weighted by molar-refractivity contribution is 6.67. The fourth-order valence-electron chi connectivity index (χ4n) is 2.83. The van der Waals surface area contributed by atoms with Gasteiger partial charge in [0, 0.05) is 12.6 Å². The molecule has 3 heteroatoms. The van der Waals surface area contributed by atoms with E-state index in [1.165, 1.54) is 38.5 Å². The third-order valence-corrected chi connectivity index (χ3v) is 6.74. The van der Waals surface area contributed by atoms with Crippen molar-refractivity contribution in [2.45, 2.75) is 58.0 Å². The zero-order chi connectivity index (χ0) is 17.1. The lowest BCUT2D eigenvalue weighted by Crippen LogP contribution is -2.45. The van der Waals surface area contributed by atoms with Gasteiger partial charge in [0.1, 0.15) is 11.5 Å². The summed E-state index contributed by atoms with van der Waals surface area (Å²) in [5.74, 6) is 1.82. The van der Waals surface area contributed by atoms with Crippen LogP contribution in [-0.2, 0) is 0 Å². The monoisotopic (exact) mass is 342 g/mol. The lowest BCUT2D eigenvalue weighted by Gasteiger charge is -2.28. The Kier molecular flexibility index (Phi) is 7.89. The zero-order valence-corrected chi connectivity index (χ0v) is 16.0. The molecular weight excluding hydrogens is 312 g/mol. The highest BCUT2D eigenvalue weighted by Gasteiger charge is 2.35. The maximum Gasteiger partial charge on any atom is 0.457 e. The summed E-state index contributed by atoms with van der Waals surface area (Å²) in [6.07, 6.45) is 7.73. The van der Waals surface area contributed by atoms with Gasteiger partial charge in [-0.1, -0.05) is 75.4 Å². The molecule has 0 atom stereocenters. The van der Waals surface area contributed by atoms with E-state index in [-0.39, 0.29) is 0 Å². The Morgan fingerprint density at radius 1 is 0.667 bits per heavy atom. The third-order valence-electron chi connectivity index (χ3n) is 4.14. The normalized spacial score (nSPS) is 11.2. The molecule has 2 nitrogen and oxygen atoms in total.